The number of rotatable bonds is 3. The van der Waals surface area contributed by atoms with Crippen LogP contribution in [0.4, 0.5) is 20.4 Å². The van der Waals surface area contributed by atoms with Crippen molar-refractivity contribution in [3.63, 3.8) is 0 Å². The molecule has 1 rings (SSSR count). The van der Waals surface area contributed by atoms with Gasteiger partial charge in [-0.25, -0.2) is 13.8 Å². The molecule has 3 N–H and O–H groups in total. The number of aromatic nitrogens is 1. The summed E-state index contributed by atoms with van der Waals surface area (Å²) < 4.78 is 23.7. The van der Waals surface area contributed by atoms with Gasteiger partial charge in [-0.15, -0.1) is 0 Å². The van der Waals surface area contributed by atoms with Crippen LogP contribution in [0.25, 0.3) is 0 Å². The molecule has 0 saturated heterocycles. The van der Waals surface area contributed by atoms with Crippen molar-refractivity contribution in [3.05, 3.63) is 16.1 Å². The second-order valence-corrected chi connectivity index (χ2v) is 3.27. The Morgan fingerprint density at radius 1 is 1.43 bits per heavy atom. The fourth-order valence-electron chi connectivity index (χ4n) is 0.779. The molecular formula is C7H7Cl2F2N3. The SMILES string of the molecule is Nc1nc(NCC(F)F)c(Cl)cc1Cl. The van der Waals surface area contributed by atoms with Gasteiger partial charge in [0.1, 0.15) is 11.6 Å². The molecule has 0 aliphatic heterocycles. The molecular weight excluding hydrogens is 235 g/mol. The highest BCUT2D eigenvalue weighted by Gasteiger charge is 2.08. The zero-order chi connectivity index (χ0) is 10.7. The van der Waals surface area contributed by atoms with Gasteiger partial charge in [0.2, 0.25) is 0 Å². The Hall–Kier alpha value is -0.810. The maximum Gasteiger partial charge on any atom is 0.255 e. The summed E-state index contributed by atoms with van der Waals surface area (Å²) in [6.07, 6.45) is -2.48. The van der Waals surface area contributed by atoms with E-state index in [0.29, 0.717) is 0 Å². The van der Waals surface area contributed by atoms with Crippen molar-refractivity contribution in [2.24, 2.45) is 0 Å². The Labute approximate surface area is 89.2 Å². The summed E-state index contributed by atoms with van der Waals surface area (Å²) in [7, 11) is 0. The summed E-state index contributed by atoms with van der Waals surface area (Å²) in [5.74, 6) is 0.154. The zero-order valence-corrected chi connectivity index (χ0v) is 8.41. The second kappa shape index (κ2) is 4.61. The van der Waals surface area contributed by atoms with Gasteiger partial charge in [-0.2, -0.15) is 0 Å². The smallest absolute Gasteiger partial charge is 0.255 e. The highest BCUT2D eigenvalue weighted by molar-refractivity contribution is 6.37. The third-order valence-corrected chi connectivity index (χ3v) is 1.97. The summed E-state index contributed by atoms with van der Waals surface area (Å²) in [4.78, 5) is 3.71. The number of nitrogen functional groups attached to an aromatic ring is 1. The number of hydrogen-bond acceptors (Lipinski definition) is 3. The normalized spacial score (nSPS) is 10.6. The van der Waals surface area contributed by atoms with Crippen LogP contribution in [0.2, 0.25) is 10.0 Å². The van der Waals surface area contributed by atoms with Crippen LogP contribution in [0, 0.1) is 0 Å². The average Bonchev–Trinajstić information content (AvgIpc) is 2.09. The molecule has 0 amide bonds. The third kappa shape index (κ3) is 2.85. The Balaban J connectivity index is 2.82. The number of nitrogens with one attached hydrogen (secondary N) is 1. The van der Waals surface area contributed by atoms with Crippen molar-refractivity contribution >= 4 is 34.8 Å². The van der Waals surface area contributed by atoms with Gasteiger partial charge in [-0.1, -0.05) is 23.2 Å². The van der Waals surface area contributed by atoms with Crippen molar-refractivity contribution in [2.45, 2.75) is 6.43 Å². The number of anilines is 2. The van der Waals surface area contributed by atoms with E-state index < -0.39 is 13.0 Å². The van der Waals surface area contributed by atoms with Crippen LogP contribution in [-0.4, -0.2) is 18.0 Å². The van der Waals surface area contributed by atoms with E-state index in [2.05, 4.69) is 10.3 Å². The fraction of sp³-hybridized carbons (Fsp3) is 0.286. The first-order valence-electron chi connectivity index (χ1n) is 3.64. The van der Waals surface area contributed by atoms with E-state index in [-0.39, 0.29) is 21.7 Å². The maximum atomic E-state index is 11.8. The van der Waals surface area contributed by atoms with Gasteiger partial charge < -0.3 is 11.1 Å². The largest absolute Gasteiger partial charge is 0.382 e. The van der Waals surface area contributed by atoms with Crippen molar-refractivity contribution in [1.29, 1.82) is 0 Å². The molecule has 0 aliphatic rings. The number of pyridine rings is 1. The van der Waals surface area contributed by atoms with E-state index in [1.807, 2.05) is 0 Å². The highest BCUT2D eigenvalue weighted by atomic mass is 35.5. The Kier molecular flexibility index (Phi) is 3.71. The minimum atomic E-state index is -2.48. The molecule has 0 saturated carbocycles. The molecule has 3 nitrogen and oxygen atoms in total. The van der Waals surface area contributed by atoms with Gasteiger partial charge in [-0.05, 0) is 6.07 Å². The lowest BCUT2D eigenvalue weighted by Crippen LogP contribution is -2.12. The topological polar surface area (TPSA) is 50.9 Å². The van der Waals surface area contributed by atoms with E-state index in [0.717, 1.165) is 0 Å². The summed E-state index contributed by atoms with van der Waals surface area (Å²) in [6.45, 7) is -0.534. The highest BCUT2D eigenvalue weighted by Crippen LogP contribution is 2.27. The van der Waals surface area contributed by atoms with Crippen LogP contribution in [-0.2, 0) is 0 Å². The van der Waals surface area contributed by atoms with Gasteiger partial charge in [0.25, 0.3) is 6.43 Å². The van der Waals surface area contributed by atoms with E-state index in [9.17, 15) is 8.78 Å². The maximum absolute atomic E-state index is 11.8. The number of alkyl halides is 2. The lowest BCUT2D eigenvalue weighted by Gasteiger charge is -2.08. The predicted octanol–water partition coefficient (Wildman–Crippen LogP) is 2.65. The minimum Gasteiger partial charge on any atom is -0.382 e. The van der Waals surface area contributed by atoms with E-state index in [4.69, 9.17) is 28.9 Å². The number of nitrogens with two attached hydrogens (primary N) is 1. The van der Waals surface area contributed by atoms with Crippen LogP contribution < -0.4 is 11.1 Å². The first kappa shape index (κ1) is 11.3. The van der Waals surface area contributed by atoms with Crippen molar-refractivity contribution in [1.82, 2.24) is 4.98 Å². The molecule has 0 aromatic carbocycles. The lowest BCUT2D eigenvalue weighted by molar-refractivity contribution is 0.163. The summed E-state index contributed by atoms with van der Waals surface area (Å²) >= 11 is 11.3. The first-order valence-corrected chi connectivity index (χ1v) is 4.40. The predicted molar refractivity (Wildman–Crippen MR) is 53.2 cm³/mol. The van der Waals surface area contributed by atoms with Gasteiger partial charge in [0, 0.05) is 0 Å². The first-order chi connectivity index (χ1) is 6.50. The Morgan fingerprint density at radius 2 is 2.07 bits per heavy atom. The van der Waals surface area contributed by atoms with E-state index >= 15 is 0 Å². The number of halogens is 4. The molecule has 0 bridgehead atoms. The molecule has 1 aromatic heterocycles. The zero-order valence-electron chi connectivity index (χ0n) is 6.90. The lowest BCUT2D eigenvalue weighted by atomic mass is 10.4. The standard InChI is InChI=1S/C7H7Cl2F2N3/c8-3-1-4(9)7(14-6(3)12)13-2-5(10)11/h1,5H,2H2,(H3,12,13,14). The molecule has 0 radical (unpaired) electrons. The molecule has 0 aliphatic carbocycles. The van der Waals surface area contributed by atoms with Crippen LogP contribution >= 0.6 is 23.2 Å². The number of hydrogen-bond donors (Lipinski definition) is 2. The average molecular weight is 242 g/mol. The molecule has 1 heterocycles. The van der Waals surface area contributed by atoms with Crippen LogP contribution in [0.15, 0.2) is 6.07 Å². The van der Waals surface area contributed by atoms with Gasteiger partial charge in [0.15, 0.2) is 0 Å². The second-order valence-electron chi connectivity index (χ2n) is 2.46. The fourth-order valence-corrected chi connectivity index (χ4v) is 1.20. The van der Waals surface area contributed by atoms with E-state index in [1.54, 1.807) is 0 Å². The van der Waals surface area contributed by atoms with Crippen molar-refractivity contribution < 1.29 is 8.78 Å². The molecule has 0 unspecified atom stereocenters. The van der Waals surface area contributed by atoms with Crippen LogP contribution in [0.3, 0.4) is 0 Å². The number of nitrogens with zero attached hydrogens (tertiary/aromatic N) is 1. The molecule has 0 spiro atoms. The van der Waals surface area contributed by atoms with Crippen LogP contribution in [0.1, 0.15) is 0 Å². The molecule has 0 atom stereocenters. The molecule has 14 heavy (non-hydrogen) atoms. The van der Waals surface area contributed by atoms with Crippen LogP contribution in [0.5, 0.6) is 0 Å². The quantitative estimate of drug-likeness (QED) is 0.856. The minimum absolute atomic E-state index is 0.0489. The van der Waals surface area contributed by atoms with E-state index in [1.165, 1.54) is 6.07 Å². The monoisotopic (exact) mass is 241 g/mol. The Bertz CT molecular complexity index is 333. The molecule has 1 aromatic rings. The van der Waals surface area contributed by atoms with Gasteiger partial charge >= 0.3 is 0 Å². The molecule has 7 heteroatoms. The van der Waals surface area contributed by atoms with Crippen molar-refractivity contribution in [2.75, 3.05) is 17.6 Å². The van der Waals surface area contributed by atoms with Gasteiger partial charge in [-0.3, -0.25) is 0 Å². The summed E-state index contributed by atoms with van der Waals surface area (Å²) in [5, 5.41) is 2.70. The van der Waals surface area contributed by atoms with Crippen molar-refractivity contribution in [3.8, 4) is 0 Å². The summed E-state index contributed by atoms with van der Waals surface area (Å²) in [6, 6.07) is 1.35. The molecule has 78 valence electrons. The molecule has 0 fully saturated rings. The summed E-state index contributed by atoms with van der Waals surface area (Å²) in [5.41, 5.74) is 5.37. The Morgan fingerprint density at radius 3 is 2.64 bits per heavy atom. The third-order valence-electron chi connectivity index (χ3n) is 1.38. The van der Waals surface area contributed by atoms with Gasteiger partial charge in [0.05, 0.1) is 16.6 Å².